The van der Waals surface area contributed by atoms with Gasteiger partial charge in [-0.1, -0.05) is 48.5 Å². The van der Waals surface area contributed by atoms with E-state index in [2.05, 4.69) is 0 Å². The van der Waals surface area contributed by atoms with E-state index in [-0.39, 0.29) is 12.2 Å². The van der Waals surface area contributed by atoms with E-state index in [9.17, 15) is 10.1 Å². The average Bonchev–Trinajstić information content (AvgIpc) is 2.85. The Morgan fingerprint density at radius 3 is 2.30 bits per heavy atom. The minimum Gasteiger partial charge on any atom is -0.489 e. The molecule has 2 aromatic carbocycles. The van der Waals surface area contributed by atoms with E-state index in [1.165, 1.54) is 0 Å². The third-order valence-electron chi connectivity index (χ3n) is 3.73. The number of para-hydroxylation sites is 1. The summed E-state index contributed by atoms with van der Waals surface area (Å²) in [5.74, 6) is 0.0770. The van der Waals surface area contributed by atoms with Crippen LogP contribution in [-0.2, 0) is 9.53 Å². The number of nitrogens with zero attached hydrogens (tertiary/aromatic N) is 1. The third kappa shape index (κ3) is 2.82. The lowest BCUT2D eigenvalue weighted by Gasteiger charge is -2.26. The van der Waals surface area contributed by atoms with E-state index in [4.69, 9.17) is 9.47 Å². The molecule has 23 heavy (non-hydrogen) atoms. The Morgan fingerprint density at radius 1 is 1.09 bits per heavy atom. The van der Waals surface area contributed by atoms with Gasteiger partial charge in [-0.25, -0.2) is 4.79 Å². The molecule has 0 saturated heterocycles. The zero-order valence-electron chi connectivity index (χ0n) is 12.7. The molecule has 2 aromatic rings. The minimum atomic E-state index is -1.00. The molecule has 0 saturated carbocycles. The van der Waals surface area contributed by atoms with Crippen LogP contribution < -0.4 is 4.74 Å². The standard InChI is InChI=1S/C19H15NO3/c1-19(13-22-15-10-6-3-7-11-15)17(14-8-4-2-5-9-14)16(12-20)18(21)23-19/h2-11H,13H2,1H3. The van der Waals surface area contributed by atoms with Crippen LogP contribution >= 0.6 is 0 Å². The first-order chi connectivity index (χ1) is 11.1. The van der Waals surface area contributed by atoms with Gasteiger partial charge in [-0.2, -0.15) is 5.26 Å². The van der Waals surface area contributed by atoms with Crippen molar-refractivity contribution in [3.63, 3.8) is 0 Å². The zero-order valence-corrected chi connectivity index (χ0v) is 12.7. The summed E-state index contributed by atoms with van der Waals surface area (Å²) in [5, 5.41) is 9.34. The third-order valence-corrected chi connectivity index (χ3v) is 3.73. The van der Waals surface area contributed by atoms with Gasteiger partial charge in [-0.3, -0.25) is 0 Å². The molecule has 1 heterocycles. The summed E-state index contributed by atoms with van der Waals surface area (Å²) < 4.78 is 11.2. The first-order valence-electron chi connectivity index (χ1n) is 7.25. The second-order valence-corrected chi connectivity index (χ2v) is 5.45. The Labute approximate surface area is 134 Å². The molecular formula is C19H15NO3. The number of hydrogen-bond donors (Lipinski definition) is 0. The number of hydrogen-bond acceptors (Lipinski definition) is 4. The van der Waals surface area contributed by atoms with Gasteiger partial charge >= 0.3 is 5.97 Å². The molecule has 4 heteroatoms. The number of carbonyl (C=O) groups is 1. The molecule has 114 valence electrons. The van der Waals surface area contributed by atoms with Crippen LogP contribution in [0.1, 0.15) is 12.5 Å². The maximum absolute atomic E-state index is 12.1. The van der Waals surface area contributed by atoms with Crippen molar-refractivity contribution < 1.29 is 14.3 Å². The van der Waals surface area contributed by atoms with Gasteiger partial charge in [0.05, 0.1) is 0 Å². The molecule has 3 rings (SSSR count). The second-order valence-electron chi connectivity index (χ2n) is 5.45. The van der Waals surface area contributed by atoms with E-state index in [0.717, 1.165) is 5.56 Å². The summed E-state index contributed by atoms with van der Waals surface area (Å²) in [6.07, 6.45) is 0. The molecule has 0 radical (unpaired) electrons. The molecule has 0 bridgehead atoms. The van der Waals surface area contributed by atoms with Crippen molar-refractivity contribution in [3.05, 3.63) is 71.8 Å². The summed E-state index contributed by atoms with van der Waals surface area (Å²) in [5.41, 5.74) is 0.394. The van der Waals surface area contributed by atoms with Gasteiger partial charge in [-0.15, -0.1) is 0 Å². The van der Waals surface area contributed by atoms with Crippen molar-refractivity contribution in [3.8, 4) is 11.8 Å². The lowest BCUT2D eigenvalue weighted by Crippen LogP contribution is -2.34. The fourth-order valence-electron chi connectivity index (χ4n) is 2.67. The van der Waals surface area contributed by atoms with Gasteiger partial charge in [-0.05, 0) is 24.6 Å². The summed E-state index contributed by atoms with van der Waals surface area (Å²) in [7, 11) is 0. The van der Waals surface area contributed by atoms with Crippen molar-refractivity contribution >= 4 is 11.5 Å². The Hall–Kier alpha value is -3.06. The number of rotatable bonds is 4. The number of esters is 1. The predicted octanol–water partition coefficient (Wildman–Crippen LogP) is 3.36. The molecule has 0 aromatic heterocycles. The molecule has 4 nitrogen and oxygen atoms in total. The number of benzene rings is 2. The van der Waals surface area contributed by atoms with Crippen LogP contribution in [0.25, 0.3) is 5.57 Å². The summed E-state index contributed by atoms with van der Waals surface area (Å²) in [6, 6.07) is 20.6. The fraction of sp³-hybridized carbons (Fsp3) is 0.158. The Morgan fingerprint density at radius 2 is 1.70 bits per heavy atom. The number of cyclic esters (lactones) is 1. The first-order valence-corrected chi connectivity index (χ1v) is 7.25. The van der Waals surface area contributed by atoms with Gasteiger partial charge < -0.3 is 9.47 Å². The molecule has 0 amide bonds. The van der Waals surface area contributed by atoms with Crippen LogP contribution in [0.4, 0.5) is 0 Å². The molecular weight excluding hydrogens is 290 g/mol. The summed E-state index contributed by atoms with van der Waals surface area (Å²) in [6.45, 7) is 1.90. The molecule has 0 spiro atoms. The molecule has 1 unspecified atom stereocenters. The molecule has 0 fully saturated rings. The lowest BCUT2D eigenvalue weighted by molar-refractivity contribution is -0.146. The fourth-order valence-corrected chi connectivity index (χ4v) is 2.67. The van der Waals surface area contributed by atoms with E-state index in [1.54, 1.807) is 6.92 Å². The van der Waals surface area contributed by atoms with Crippen LogP contribution in [0.2, 0.25) is 0 Å². The SMILES string of the molecule is CC1(COc2ccccc2)OC(=O)C(C#N)=C1c1ccccc1. The topological polar surface area (TPSA) is 59.3 Å². The number of carbonyl (C=O) groups excluding carboxylic acids is 1. The van der Waals surface area contributed by atoms with Crippen molar-refractivity contribution in [2.75, 3.05) is 6.61 Å². The Balaban J connectivity index is 1.96. The maximum atomic E-state index is 12.1. The van der Waals surface area contributed by atoms with Crippen LogP contribution in [-0.4, -0.2) is 18.2 Å². The van der Waals surface area contributed by atoms with Gasteiger partial charge in [0.15, 0.2) is 5.60 Å². The quantitative estimate of drug-likeness (QED) is 0.813. The molecule has 0 aliphatic carbocycles. The highest BCUT2D eigenvalue weighted by Crippen LogP contribution is 2.40. The Bertz CT molecular complexity index is 790. The largest absolute Gasteiger partial charge is 0.489 e. The van der Waals surface area contributed by atoms with Gasteiger partial charge in [0, 0.05) is 5.57 Å². The number of ether oxygens (including phenoxy) is 2. The average molecular weight is 305 g/mol. The van der Waals surface area contributed by atoms with Gasteiger partial charge in [0.25, 0.3) is 0 Å². The highest BCUT2D eigenvalue weighted by Gasteiger charge is 2.45. The first kappa shape index (κ1) is 14.9. The summed E-state index contributed by atoms with van der Waals surface area (Å²) in [4.78, 5) is 12.1. The van der Waals surface area contributed by atoms with Gasteiger partial charge in [0.1, 0.15) is 24.0 Å². The highest BCUT2D eigenvalue weighted by molar-refractivity contribution is 6.07. The normalized spacial score (nSPS) is 20.1. The van der Waals surface area contributed by atoms with Crippen molar-refractivity contribution in [2.24, 2.45) is 0 Å². The predicted molar refractivity (Wildman–Crippen MR) is 85.4 cm³/mol. The van der Waals surface area contributed by atoms with E-state index >= 15 is 0 Å². The second kappa shape index (κ2) is 5.98. The smallest absolute Gasteiger partial charge is 0.350 e. The lowest BCUT2D eigenvalue weighted by atomic mass is 9.88. The molecule has 1 atom stereocenters. The molecule has 1 aliphatic heterocycles. The van der Waals surface area contributed by atoms with Crippen LogP contribution in [0.3, 0.4) is 0 Å². The molecule has 0 N–H and O–H groups in total. The van der Waals surface area contributed by atoms with E-state index in [0.29, 0.717) is 11.3 Å². The maximum Gasteiger partial charge on any atom is 0.350 e. The van der Waals surface area contributed by atoms with Crippen LogP contribution in [0.5, 0.6) is 5.75 Å². The van der Waals surface area contributed by atoms with Crippen molar-refractivity contribution in [1.82, 2.24) is 0 Å². The molecule has 1 aliphatic rings. The van der Waals surface area contributed by atoms with Crippen molar-refractivity contribution in [1.29, 1.82) is 5.26 Å². The van der Waals surface area contributed by atoms with Gasteiger partial charge in [0.2, 0.25) is 0 Å². The van der Waals surface area contributed by atoms with Crippen molar-refractivity contribution in [2.45, 2.75) is 12.5 Å². The highest BCUT2D eigenvalue weighted by atomic mass is 16.6. The number of nitriles is 1. The summed E-state index contributed by atoms with van der Waals surface area (Å²) >= 11 is 0. The monoisotopic (exact) mass is 305 g/mol. The van der Waals surface area contributed by atoms with Crippen LogP contribution in [0, 0.1) is 11.3 Å². The Kier molecular flexibility index (Phi) is 3.86. The minimum absolute atomic E-state index is 0.0374. The van der Waals surface area contributed by atoms with Crippen LogP contribution in [0.15, 0.2) is 66.2 Å². The zero-order chi connectivity index (χ0) is 16.3. The van der Waals surface area contributed by atoms with E-state index in [1.807, 2.05) is 66.7 Å². The van der Waals surface area contributed by atoms with E-state index < -0.39 is 11.6 Å².